The Bertz CT molecular complexity index is 1220. The van der Waals surface area contributed by atoms with E-state index in [1.54, 1.807) is 0 Å². The highest BCUT2D eigenvalue weighted by atomic mass is 16.5. The van der Waals surface area contributed by atoms with Crippen LogP contribution in [0.1, 0.15) is 268 Å². The van der Waals surface area contributed by atoms with E-state index in [4.69, 9.17) is 4.74 Å². The van der Waals surface area contributed by atoms with Crippen molar-refractivity contribution in [1.29, 1.82) is 0 Å². The molecule has 0 spiro atoms. The van der Waals surface area contributed by atoms with Crippen LogP contribution in [0.2, 0.25) is 0 Å². The zero-order valence-corrected chi connectivity index (χ0v) is 39.3. The molecule has 0 aliphatic heterocycles. The molecule has 0 heterocycles. The fourth-order valence-corrected chi connectivity index (χ4v) is 13.6. The van der Waals surface area contributed by atoms with Crippen molar-refractivity contribution in [2.75, 3.05) is 0 Å². The van der Waals surface area contributed by atoms with E-state index in [9.17, 15) is 4.79 Å². The van der Waals surface area contributed by atoms with Crippen LogP contribution in [-0.2, 0) is 9.53 Å². The summed E-state index contributed by atoms with van der Waals surface area (Å²) in [5, 5.41) is 0. The van der Waals surface area contributed by atoms with Crippen LogP contribution in [0.4, 0.5) is 0 Å². The molecule has 4 aliphatic rings. The number of esters is 1. The van der Waals surface area contributed by atoms with Crippen molar-refractivity contribution in [3.05, 3.63) is 22.8 Å². The van der Waals surface area contributed by atoms with Crippen LogP contribution in [0.15, 0.2) is 22.8 Å². The van der Waals surface area contributed by atoms with Gasteiger partial charge in [-0.25, -0.2) is 0 Å². The summed E-state index contributed by atoms with van der Waals surface area (Å²) in [6.45, 7) is 22.3. The third-order valence-electron chi connectivity index (χ3n) is 17.4. The van der Waals surface area contributed by atoms with Crippen molar-refractivity contribution >= 4 is 5.97 Å². The highest BCUT2D eigenvalue weighted by molar-refractivity contribution is 5.69. The first-order chi connectivity index (χ1) is 26.8. The van der Waals surface area contributed by atoms with Crippen molar-refractivity contribution in [2.24, 2.45) is 39.4 Å². The van der Waals surface area contributed by atoms with Crippen molar-refractivity contribution in [1.82, 2.24) is 0 Å². The Morgan fingerprint density at radius 3 is 1.70 bits per heavy atom. The van der Waals surface area contributed by atoms with Crippen molar-refractivity contribution in [3.63, 3.8) is 0 Å². The maximum Gasteiger partial charge on any atom is 0.306 e. The van der Waals surface area contributed by atoms with Crippen LogP contribution < -0.4 is 0 Å². The molecule has 0 aromatic carbocycles. The minimum Gasteiger partial charge on any atom is -0.462 e. The Labute approximate surface area is 350 Å². The second kappa shape index (κ2) is 23.1. The maximum absolute atomic E-state index is 13.2. The summed E-state index contributed by atoms with van der Waals surface area (Å²) in [4.78, 5) is 13.2. The van der Waals surface area contributed by atoms with Gasteiger partial charge in [0.2, 0.25) is 0 Å². The molecule has 4 rings (SSSR count). The molecular formula is C54H96O2. The third kappa shape index (κ3) is 12.3. The van der Waals surface area contributed by atoms with Gasteiger partial charge in [-0.1, -0.05) is 200 Å². The van der Waals surface area contributed by atoms with E-state index in [1.807, 2.05) is 11.1 Å². The summed E-state index contributed by atoms with van der Waals surface area (Å²) >= 11 is 0. The lowest BCUT2D eigenvalue weighted by Gasteiger charge is -2.62. The standard InChI is InChI=1S/C54H96O2/c1-10-11-12-13-14-15-16-17-18-19-20-21-22-23-24-25-26-27-28-29-30-34-50(55)56-49-39-40-52(7)46-38-42-53(8)45(44(4)33-31-32-43(2)3)37-41-54(53,9)47(46)35-36-48(52)51(49,5)6/h32,44-45,48-49H,10-31,33-42H2,1-9H3/t44-,45-,48?,49?,52-,53-,54+/m1/s1. The van der Waals surface area contributed by atoms with Crippen LogP contribution in [0.3, 0.4) is 0 Å². The van der Waals surface area contributed by atoms with Crippen LogP contribution in [0.5, 0.6) is 0 Å². The van der Waals surface area contributed by atoms with Crippen LogP contribution in [0.25, 0.3) is 0 Å². The monoisotopic (exact) mass is 777 g/mol. The number of rotatable bonds is 27. The largest absolute Gasteiger partial charge is 0.462 e. The van der Waals surface area contributed by atoms with E-state index in [0.29, 0.717) is 23.2 Å². The lowest BCUT2D eigenvalue weighted by Crippen LogP contribution is -2.55. The summed E-state index contributed by atoms with van der Waals surface area (Å²) in [6.07, 6.45) is 45.0. The van der Waals surface area contributed by atoms with Gasteiger partial charge in [0.1, 0.15) is 6.10 Å². The smallest absolute Gasteiger partial charge is 0.306 e. The first-order valence-electron chi connectivity index (χ1n) is 25.4. The molecule has 0 aromatic heterocycles. The van der Waals surface area contributed by atoms with Gasteiger partial charge in [-0.05, 0) is 118 Å². The second-order valence-corrected chi connectivity index (χ2v) is 21.9. The molecule has 2 unspecified atom stereocenters. The normalized spacial score (nSPS) is 30.1. The summed E-state index contributed by atoms with van der Waals surface area (Å²) in [5.74, 6) is 2.30. The average Bonchev–Trinajstić information content (AvgIpc) is 3.44. The number of hydrogen-bond acceptors (Lipinski definition) is 2. The fourth-order valence-electron chi connectivity index (χ4n) is 13.6. The number of allylic oxidation sites excluding steroid dienone is 4. The van der Waals surface area contributed by atoms with Crippen LogP contribution >= 0.6 is 0 Å². The molecular weight excluding hydrogens is 681 g/mol. The first kappa shape index (κ1) is 47.6. The predicted molar refractivity (Wildman–Crippen MR) is 244 cm³/mol. The highest BCUT2D eigenvalue weighted by Gasteiger charge is 2.63. The van der Waals surface area contributed by atoms with Gasteiger partial charge in [-0.2, -0.15) is 0 Å². The topological polar surface area (TPSA) is 26.3 Å². The molecule has 2 heteroatoms. The molecule has 0 N–H and O–H groups in total. The molecule has 2 nitrogen and oxygen atoms in total. The Morgan fingerprint density at radius 1 is 0.661 bits per heavy atom. The van der Waals surface area contributed by atoms with Gasteiger partial charge in [0.15, 0.2) is 0 Å². The molecule has 7 atom stereocenters. The van der Waals surface area contributed by atoms with Gasteiger partial charge in [0, 0.05) is 11.8 Å². The van der Waals surface area contributed by atoms with E-state index in [0.717, 1.165) is 24.7 Å². The molecule has 0 radical (unpaired) electrons. The molecule has 0 saturated heterocycles. The van der Waals surface area contributed by atoms with E-state index < -0.39 is 0 Å². The minimum absolute atomic E-state index is 0.0213. The molecule has 0 aromatic rings. The zero-order valence-electron chi connectivity index (χ0n) is 39.3. The van der Waals surface area contributed by atoms with Crippen molar-refractivity contribution < 1.29 is 9.53 Å². The van der Waals surface area contributed by atoms with Crippen molar-refractivity contribution in [3.8, 4) is 0 Å². The van der Waals surface area contributed by atoms with Gasteiger partial charge >= 0.3 is 5.97 Å². The number of ether oxygens (including phenoxy) is 1. The summed E-state index contributed by atoms with van der Waals surface area (Å²) < 4.78 is 6.41. The third-order valence-corrected chi connectivity index (χ3v) is 17.4. The van der Waals surface area contributed by atoms with Gasteiger partial charge in [0.25, 0.3) is 0 Å². The predicted octanol–water partition coefficient (Wildman–Crippen LogP) is 17.6. The minimum atomic E-state index is 0.0213. The summed E-state index contributed by atoms with van der Waals surface area (Å²) in [7, 11) is 0. The Balaban J connectivity index is 1.09. The fraction of sp³-hybridized carbons (Fsp3) is 0.907. The van der Waals surface area contributed by atoms with Gasteiger partial charge < -0.3 is 4.74 Å². The Hall–Kier alpha value is -1.05. The number of fused-ring (bicyclic) bond motifs is 4. The Morgan fingerprint density at radius 2 is 1.18 bits per heavy atom. The maximum atomic E-state index is 13.2. The number of carbonyl (C=O) groups excluding carboxylic acids is 1. The van der Waals surface area contributed by atoms with Crippen molar-refractivity contribution in [2.45, 2.75) is 274 Å². The second-order valence-electron chi connectivity index (χ2n) is 21.9. The zero-order chi connectivity index (χ0) is 40.7. The molecule has 0 bridgehead atoms. The molecule has 4 aliphatic carbocycles. The van der Waals surface area contributed by atoms with Crippen LogP contribution in [0, 0.1) is 39.4 Å². The number of unbranched alkanes of at least 4 members (excludes halogenated alkanes) is 20. The molecule has 2 saturated carbocycles. The van der Waals surface area contributed by atoms with E-state index in [-0.39, 0.29) is 22.9 Å². The van der Waals surface area contributed by atoms with E-state index >= 15 is 0 Å². The van der Waals surface area contributed by atoms with Gasteiger partial charge in [-0.3, -0.25) is 4.79 Å². The quantitative estimate of drug-likeness (QED) is 0.0472. The first-order valence-corrected chi connectivity index (χ1v) is 25.4. The SMILES string of the molecule is CCCCCCCCCCCCCCCCCCCCCCCC(=O)OC1CC[C@]2(C)C3=C(CCC2C1(C)C)[C@]1(C)CC[C@H]([C@H](C)CCC=C(C)C)[C@@]1(C)CC3. The number of carbonyl (C=O) groups is 1. The lowest BCUT2D eigenvalue weighted by atomic mass is 9.43. The molecule has 324 valence electrons. The summed E-state index contributed by atoms with van der Waals surface area (Å²) in [6, 6.07) is 0. The average molecular weight is 777 g/mol. The lowest BCUT2D eigenvalue weighted by molar-refractivity contribution is -0.170. The van der Waals surface area contributed by atoms with Crippen LogP contribution in [-0.4, -0.2) is 12.1 Å². The van der Waals surface area contributed by atoms with E-state index in [2.05, 4.69) is 68.4 Å². The Kier molecular flexibility index (Phi) is 19.6. The molecule has 2 fully saturated rings. The highest BCUT2D eigenvalue weighted by Crippen LogP contribution is 2.72. The summed E-state index contributed by atoms with van der Waals surface area (Å²) in [5.41, 5.74) is 6.24. The van der Waals surface area contributed by atoms with Gasteiger partial charge in [-0.15, -0.1) is 0 Å². The molecule has 56 heavy (non-hydrogen) atoms. The molecule has 0 amide bonds. The number of hydrogen-bond donors (Lipinski definition) is 0. The van der Waals surface area contributed by atoms with E-state index in [1.165, 1.54) is 192 Å². The van der Waals surface area contributed by atoms with Gasteiger partial charge in [0.05, 0.1) is 0 Å².